The van der Waals surface area contributed by atoms with Crippen LogP contribution in [0.2, 0.25) is 0 Å². The topological polar surface area (TPSA) is 19.6 Å². The summed E-state index contributed by atoms with van der Waals surface area (Å²) < 4.78 is 11.1. The monoisotopic (exact) mass is 860 g/mol. The van der Waals surface area contributed by atoms with Gasteiger partial charge in [-0.1, -0.05) is 130 Å². The average Bonchev–Trinajstić information content (AvgIpc) is 4.04. The first-order valence-corrected chi connectivity index (χ1v) is 24.6. The Balaban J connectivity index is 1.19. The third-order valence-corrected chi connectivity index (χ3v) is 16.1. The predicted molar refractivity (Wildman–Crippen MR) is 278 cm³/mol. The molecule has 0 saturated carbocycles. The van der Waals surface area contributed by atoms with Crippen molar-refractivity contribution >= 4 is 120 Å². The summed E-state index contributed by atoms with van der Waals surface area (Å²) in [5.41, 5.74) is 17.0. The summed E-state index contributed by atoms with van der Waals surface area (Å²) in [4.78, 5) is 5.32. The zero-order valence-corrected chi connectivity index (χ0v) is 37.7. The lowest BCUT2D eigenvalue weighted by molar-refractivity contribution is 0.670. The zero-order chi connectivity index (χ0) is 42.5. The number of hydrogen-bond acceptors (Lipinski definition) is 5. The summed E-state index contributed by atoms with van der Waals surface area (Å²) in [5.74, 6) is 0. The molecule has 3 aromatic heterocycles. The molecule has 0 bridgehead atoms. The van der Waals surface area contributed by atoms with Gasteiger partial charge in [0.05, 0.1) is 10.7 Å². The fraction of sp³-hybridized carbons (Fsp3) is 0.138. The molecule has 0 unspecified atom stereocenters. The van der Waals surface area contributed by atoms with Crippen molar-refractivity contribution in [3.8, 4) is 22.3 Å². The van der Waals surface area contributed by atoms with E-state index in [4.69, 9.17) is 4.42 Å². The highest BCUT2D eigenvalue weighted by atomic mass is 32.1. The number of rotatable bonds is 9. The van der Waals surface area contributed by atoms with Gasteiger partial charge >= 0.3 is 6.85 Å². The fourth-order valence-corrected chi connectivity index (χ4v) is 13.2. The van der Waals surface area contributed by atoms with Gasteiger partial charge < -0.3 is 14.1 Å². The van der Waals surface area contributed by atoms with Gasteiger partial charge in [-0.25, -0.2) is 0 Å². The minimum absolute atomic E-state index is 0.130. The van der Waals surface area contributed by atoms with Crippen LogP contribution >= 0.6 is 22.7 Å². The molecular weight excluding hydrogens is 816 g/mol. The molecule has 0 fully saturated rings. The quantitative estimate of drug-likeness (QED) is 0.135. The number of hydrogen-bond donors (Lipinski definition) is 0. The molecular formula is C58H45BN2OS2. The van der Waals surface area contributed by atoms with Gasteiger partial charge in [-0.05, 0) is 119 Å². The molecule has 3 nitrogen and oxygen atoms in total. The second-order valence-electron chi connectivity index (χ2n) is 17.6. The Labute approximate surface area is 381 Å². The second-order valence-corrected chi connectivity index (χ2v) is 19.8. The number of fused-ring (bicyclic) bond motifs is 13. The van der Waals surface area contributed by atoms with E-state index in [2.05, 4.69) is 187 Å². The molecule has 2 aliphatic rings. The summed E-state index contributed by atoms with van der Waals surface area (Å²) in [5, 5.41) is 7.45. The minimum Gasteiger partial charge on any atom is -0.455 e. The van der Waals surface area contributed by atoms with Gasteiger partial charge in [-0.15, -0.1) is 22.7 Å². The molecule has 11 aromatic rings. The molecule has 0 saturated heterocycles. The van der Waals surface area contributed by atoms with E-state index in [0.717, 1.165) is 34.8 Å². The first-order valence-electron chi connectivity index (χ1n) is 23.0. The van der Waals surface area contributed by atoms with Crippen molar-refractivity contribution < 1.29 is 4.42 Å². The van der Waals surface area contributed by atoms with Gasteiger partial charge in [0.15, 0.2) is 0 Å². The predicted octanol–water partition coefficient (Wildman–Crippen LogP) is 16.2. The Kier molecular flexibility index (Phi) is 8.89. The van der Waals surface area contributed by atoms with E-state index in [1.165, 1.54) is 128 Å². The van der Waals surface area contributed by atoms with Crippen LogP contribution in [0.5, 0.6) is 0 Å². The Morgan fingerprint density at radius 2 is 1.19 bits per heavy atom. The molecule has 0 spiro atoms. The molecule has 8 aromatic carbocycles. The minimum atomic E-state index is -0.130. The van der Waals surface area contributed by atoms with Crippen LogP contribution in [0, 0.1) is 0 Å². The maximum absolute atomic E-state index is 7.17. The van der Waals surface area contributed by atoms with E-state index < -0.39 is 0 Å². The number of furan rings is 1. The SMILES string of the molecule is CCCCc1ccc(N2B3c4c(cc5c(oc6ccccc65)c4-c4cc5c(cc42)sc2ccccc25)N(c2ccc(CCCC)cc2-c2ccccc2)c2sc4ccccc4c23)cc1. The molecule has 0 atom stereocenters. The van der Waals surface area contributed by atoms with E-state index in [0.29, 0.717) is 0 Å². The molecule has 308 valence electrons. The molecule has 0 N–H and O–H groups in total. The lowest BCUT2D eigenvalue weighted by atomic mass is 9.43. The van der Waals surface area contributed by atoms with E-state index in [1.807, 2.05) is 22.7 Å². The summed E-state index contributed by atoms with van der Waals surface area (Å²) in [6, 6.07) is 61.9. The summed E-state index contributed by atoms with van der Waals surface area (Å²) in [6.45, 7) is 4.43. The van der Waals surface area contributed by atoms with Gasteiger partial charge in [-0.2, -0.15) is 0 Å². The molecule has 64 heavy (non-hydrogen) atoms. The van der Waals surface area contributed by atoms with Crippen LogP contribution in [0.1, 0.15) is 50.7 Å². The van der Waals surface area contributed by atoms with Gasteiger partial charge in [0.25, 0.3) is 0 Å². The first kappa shape index (κ1) is 37.9. The Morgan fingerprint density at radius 1 is 0.500 bits per heavy atom. The molecule has 2 aliphatic heterocycles. The van der Waals surface area contributed by atoms with Gasteiger partial charge in [0.1, 0.15) is 11.2 Å². The molecule has 0 aliphatic carbocycles. The molecule has 6 heteroatoms. The maximum Gasteiger partial charge on any atom is 0.334 e. The number of thiophene rings is 2. The first-order chi connectivity index (χ1) is 31.7. The summed E-state index contributed by atoms with van der Waals surface area (Å²) in [7, 11) is 0. The van der Waals surface area contributed by atoms with E-state index in [1.54, 1.807) is 0 Å². The van der Waals surface area contributed by atoms with Crippen LogP contribution in [-0.2, 0) is 12.8 Å². The Hall–Kier alpha value is -6.60. The lowest BCUT2D eigenvalue weighted by Gasteiger charge is -2.45. The highest BCUT2D eigenvalue weighted by molar-refractivity contribution is 7.26. The summed E-state index contributed by atoms with van der Waals surface area (Å²) in [6.07, 6.45) is 6.85. The van der Waals surface area contributed by atoms with Crippen LogP contribution in [-0.4, -0.2) is 6.85 Å². The summed E-state index contributed by atoms with van der Waals surface area (Å²) >= 11 is 3.82. The van der Waals surface area contributed by atoms with Crippen LogP contribution in [0.25, 0.3) is 74.5 Å². The largest absolute Gasteiger partial charge is 0.455 e. The standard InChI is InChI=1S/C58H45BN2OS2/c1-3-5-16-36-26-29-39(30-27-36)61-48-35-53-44(41-21-11-14-24-51(41)63-53)33-46(48)54-56-49(34-45-40-20-10-13-23-50(40)62-57(45)54)60(58-55(59(56)61)42-22-12-15-25-52(42)64-58)47-31-28-37(17-6-4-2)32-43(47)38-18-8-7-9-19-38/h7-15,18-35H,3-6,16-17H2,1-2H3. The Morgan fingerprint density at radius 3 is 1.98 bits per heavy atom. The third-order valence-electron chi connectivity index (χ3n) is 13.8. The van der Waals surface area contributed by atoms with Crippen molar-refractivity contribution in [2.24, 2.45) is 0 Å². The van der Waals surface area contributed by atoms with Gasteiger partial charge in [0, 0.05) is 69.4 Å². The third kappa shape index (κ3) is 5.71. The second kappa shape index (κ2) is 15.0. The van der Waals surface area contributed by atoms with Crippen LogP contribution < -0.4 is 20.6 Å². The number of para-hydroxylation sites is 1. The van der Waals surface area contributed by atoms with Crippen molar-refractivity contribution in [1.82, 2.24) is 0 Å². The van der Waals surface area contributed by atoms with E-state index in [-0.39, 0.29) is 6.85 Å². The van der Waals surface area contributed by atoms with Crippen molar-refractivity contribution in [2.75, 3.05) is 9.71 Å². The van der Waals surface area contributed by atoms with Crippen LogP contribution in [0.4, 0.5) is 27.8 Å². The number of unbranched alkanes of at least 4 members (excludes halogenated alkanes) is 2. The van der Waals surface area contributed by atoms with Crippen molar-refractivity contribution in [1.29, 1.82) is 0 Å². The van der Waals surface area contributed by atoms with Crippen molar-refractivity contribution in [3.05, 3.63) is 175 Å². The smallest absolute Gasteiger partial charge is 0.334 e. The van der Waals surface area contributed by atoms with Crippen LogP contribution in [0.15, 0.2) is 168 Å². The molecule has 0 radical (unpaired) electrons. The molecule has 13 rings (SSSR count). The normalized spacial score (nSPS) is 13.1. The van der Waals surface area contributed by atoms with Crippen LogP contribution in [0.3, 0.4) is 0 Å². The number of anilines is 5. The number of benzene rings is 8. The molecule has 0 amide bonds. The van der Waals surface area contributed by atoms with Gasteiger partial charge in [-0.3, -0.25) is 0 Å². The van der Waals surface area contributed by atoms with Crippen molar-refractivity contribution in [3.63, 3.8) is 0 Å². The maximum atomic E-state index is 7.17. The van der Waals surface area contributed by atoms with E-state index in [9.17, 15) is 0 Å². The van der Waals surface area contributed by atoms with Crippen molar-refractivity contribution in [2.45, 2.75) is 52.4 Å². The highest BCUT2D eigenvalue weighted by Crippen LogP contribution is 2.55. The lowest BCUT2D eigenvalue weighted by Crippen LogP contribution is -2.61. The average molecular weight is 861 g/mol. The fourth-order valence-electron chi connectivity index (χ4n) is 10.8. The molecule has 5 heterocycles. The highest BCUT2D eigenvalue weighted by Gasteiger charge is 2.48. The number of nitrogens with zero attached hydrogens (tertiary/aromatic N) is 2. The Bertz CT molecular complexity index is 3620. The van der Waals surface area contributed by atoms with Gasteiger partial charge in [0.2, 0.25) is 0 Å². The zero-order valence-electron chi connectivity index (χ0n) is 36.0. The van der Waals surface area contributed by atoms with E-state index >= 15 is 0 Å². The number of aryl methyl sites for hydroxylation is 2.